The maximum absolute atomic E-state index is 12.5. The second-order valence-electron chi connectivity index (χ2n) is 9.58. The number of hydrogen-bond donors (Lipinski definition) is 2. The summed E-state index contributed by atoms with van der Waals surface area (Å²) in [6.45, 7) is 5.44. The van der Waals surface area contributed by atoms with Crippen molar-refractivity contribution in [3.05, 3.63) is 88.8 Å². The third-order valence-electron chi connectivity index (χ3n) is 5.88. The summed E-state index contributed by atoms with van der Waals surface area (Å²) in [7, 11) is 0. The lowest BCUT2D eigenvalue weighted by Crippen LogP contribution is -2.33. The molecule has 10 nitrogen and oxygen atoms in total. The Morgan fingerprint density at radius 1 is 1.16 bits per heavy atom. The van der Waals surface area contributed by atoms with Gasteiger partial charge in [0.2, 0.25) is 5.52 Å². The van der Waals surface area contributed by atoms with Gasteiger partial charge in [-0.05, 0) is 68.3 Å². The van der Waals surface area contributed by atoms with E-state index in [0.29, 0.717) is 28.8 Å². The number of nitrogens with one attached hydrogen (secondary N) is 1. The van der Waals surface area contributed by atoms with Crippen molar-refractivity contribution in [2.24, 2.45) is 0 Å². The molecule has 0 bridgehead atoms. The molecule has 10 heteroatoms. The Balaban J connectivity index is 1.38. The molecule has 0 fully saturated rings. The lowest BCUT2D eigenvalue weighted by Gasteiger charge is -2.17. The van der Waals surface area contributed by atoms with Gasteiger partial charge in [0.15, 0.2) is 11.8 Å². The number of amides is 1. The van der Waals surface area contributed by atoms with Gasteiger partial charge in [0.05, 0.1) is 17.8 Å². The minimum atomic E-state index is -1.05. The Bertz CT molecular complexity index is 1620. The van der Waals surface area contributed by atoms with E-state index in [4.69, 9.17) is 9.82 Å². The molecule has 0 spiro atoms. The van der Waals surface area contributed by atoms with E-state index < -0.39 is 11.5 Å². The van der Waals surface area contributed by atoms with E-state index in [1.807, 2.05) is 49.4 Å². The molecule has 0 aliphatic rings. The zero-order valence-corrected chi connectivity index (χ0v) is 20.7. The highest BCUT2D eigenvalue weighted by atomic mass is 16.7. The Kier molecular flexibility index (Phi) is 6.28. The van der Waals surface area contributed by atoms with Gasteiger partial charge in [0.1, 0.15) is 12.1 Å². The number of benzene rings is 2. The monoisotopic (exact) mass is 498 g/mol. The normalized spacial score (nSPS) is 11.8. The van der Waals surface area contributed by atoms with E-state index in [-0.39, 0.29) is 6.61 Å². The highest BCUT2D eigenvalue weighted by Crippen LogP contribution is 2.23. The molecule has 0 unspecified atom stereocenters. The highest BCUT2D eigenvalue weighted by molar-refractivity contribution is 5.95. The van der Waals surface area contributed by atoms with Gasteiger partial charge in [-0.3, -0.25) is 9.63 Å². The summed E-state index contributed by atoms with van der Waals surface area (Å²) in [4.78, 5) is 22.4. The number of nitrogens with zero attached hydrogens (tertiary/aromatic N) is 5. The molecule has 5 aromatic rings. The molecular formula is C27H26N6O4. The lowest BCUT2D eigenvalue weighted by atomic mass is 10.0. The van der Waals surface area contributed by atoms with Crippen LogP contribution >= 0.6 is 0 Å². The Labute approximate surface area is 212 Å². The number of rotatable bonds is 7. The largest absolute Gasteiger partial charge is 0.618 e. The fourth-order valence-corrected chi connectivity index (χ4v) is 4.05. The van der Waals surface area contributed by atoms with Crippen molar-refractivity contribution in [1.82, 2.24) is 25.5 Å². The summed E-state index contributed by atoms with van der Waals surface area (Å²) >= 11 is 0. The number of aryl methyl sites for hydroxylation is 1. The van der Waals surface area contributed by atoms with E-state index in [0.717, 1.165) is 32.5 Å². The molecule has 5 rings (SSSR count). The number of pyridine rings is 2. The number of aromatic nitrogens is 5. The molecule has 37 heavy (non-hydrogen) atoms. The van der Waals surface area contributed by atoms with Crippen molar-refractivity contribution in [3.63, 3.8) is 0 Å². The Hall–Kier alpha value is -4.41. The van der Waals surface area contributed by atoms with Crippen LogP contribution in [0, 0.1) is 12.1 Å². The summed E-state index contributed by atoms with van der Waals surface area (Å²) in [6.07, 6.45) is 1.48. The SMILES string of the molecule is Cc1cc(-c2ccc3nnn(Cc4ccc5c(ccc[n+]5[O-])c4)c3n2)ccc1C(=O)NOCC(C)(C)O. The summed E-state index contributed by atoms with van der Waals surface area (Å²) in [5.74, 6) is -0.392. The zero-order valence-electron chi connectivity index (χ0n) is 20.7. The van der Waals surface area contributed by atoms with Crippen LogP contribution in [-0.2, 0) is 11.4 Å². The molecule has 0 atom stereocenters. The third kappa shape index (κ3) is 5.25. The number of aliphatic hydroxyl groups is 1. The van der Waals surface area contributed by atoms with Crippen molar-refractivity contribution >= 4 is 28.0 Å². The van der Waals surface area contributed by atoms with Crippen molar-refractivity contribution in [2.45, 2.75) is 32.9 Å². The first kappa shape index (κ1) is 24.3. The smallest absolute Gasteiger partial charge is 0.275 e. The molecule has 2 aromatic carbocycles. The van der Waals surface area contributed by atoms with Gasteiger partial charge in [-0.15, -0.1) is 5.10 Å². The minimum Gasteiger partial charge on any atom is -0.618 e. The quantitative estimate of drug-likeness (QED) is 0.200. The van der Waals surface area contributed by atoms with Gasteiger partial charge in [-0.2, -0.15) is 4.73 Å². The Morgan fingerprint density at radius 3 is 2.78 bits per heavy atom. The number of hydroxylamine groups is 1. The van der Waals surface area contributed by atoms with E-state index in [1.165, 1.54) is 6.20 Å². The first-order valence-corrected chi connectivity index (χ1v) is 11.7. The molecule has 188 valence electrons. The van der Waals surface area contributed by atoms with Crippen LogP contribution in [-0.4, -0.2) is 43.2 Å². The van der Waals surface area contributed by atoms with Gasteiger partial charge < -0.3 is 10.3 Å². The first-order chi connectivity index (χ1) is 17.7. The van der Waals surface area contributed by atoms with Crippen LogP contribution in [0.25, 0.3) is 33.3 Å². The summed E-state index contributed by atoms with van der Waals surface area (Å²) in [5, 5.41) is 31.0. The molecule has 0 radical (unpaired) electrons. The molecule has 0 aliphatic carbocycles. The maximum atomic E-state index is 12.5. The van der Waals surface area contributed by atoms with Crippen LogP contribution in [0.4, 0.5) is 0 Å². The summed E-state index contributed by atoms with van der Waals surface area (Å²) in [5.41, 5.74) is 6.95. The first-order valence-electron chi connectivity index (χ1n) is 11.7. The number of carbonyl (C=O) groups is 1. The summed E-state index contributed by atoms with van der Waals surface area (Å²) < 4.78 is 2.57. The predicted molar refractivity (Wildman–Crippen MR) is 137 cm³/mol. The number of hydrogen-bond acceptors (Lipinski definition) is 7. The second kappa shape index (κ2) is 9.57. The zero-order chi connectivity index (χ0) is 26.2. The van der Waals surface area contributed by atoms with Crippen LogP contribution in [0.2, 0.25) is 0 Å². The third-order valence-corrected chi connectivity index (χ3v) is 5.88. The van der Waals surface area contributed by atoms with E-state index in [1.54, 1.807) is 36.7 Å². The van der Waals surface area contributed by atoms with Gasteiger partial charge in [0, 0.05) is 28.6 Å². The fraction of sp³-hybridized carbons (Fsp3) is 0.222. The van der Waals surface area contributed by atoms with Gasteiger partial charge in [-0.1, -0.05) is 17.3 Å². The van der Waals surface area contributed by atoms with Crippen LogP contribution in [0.5, 0.6) is 0 Å². The van der Waals surface area contributed by atoms with E-state index >= 15 is 0 Å². The topological polar surface area (TPSA) is 129 Å². The highest BCUT2D eigenvalue weighted by Gasteiger charge is 2.16. The average molecular weight is 499 g/mol. The van der Waals surface area contributed by atoms with Crippen molar-refractivity contribution in [1.29, 1.82) is 0 Å². The van der Waals surface area contributed by atoms with Gasteiger partial charge in [-0.25, -0.2) is 15.1 Å². The number of fused-ring (bicyclic) bond motifs is 2. The van der Waals surface area contributed by atoms with Crippen molar-refractivity contribution in [3.8, 4) is 11.3 Å². The average Bonchev–Trinajstić information content (AvgIpc) is 3.25. The molecule has 3 heterocycles. The van der Waals surface area contributed by atoms with Crippen molar-refractivity contribution < 1.29 is 19.5 Å². The molecule has 0 saturated carbocycles. The number of carbonyl (C=O) groups excluding carboxylic acids is 1. The lowest BCUT2D eigenvalue weighted by molar-refractivity contribution is -0.577. The van der Waals surface area contributed by atoms with Gasteiger partial charge in [0.25, 0.3) is 5.91 Å². The van der Waals surface area contributed by atoms with Crippen LogP contribution in [0.1, 0.15) is 35.3 Å². The van der Waals surface area contributed by atoms with E-state index in [2.05, 4.69) is 15.8 Å². The molecular weight excluding hydrogens is 472 g/mol. The minimum absolute atomic E-state index is 0.0284. The van der Waals surface area contributed by atoms with Crippen molar-refractivity contribution in [2.75, 3.05) is 6.61 Å². The predicted octanol–water partition coefficient (Wildman–Crippen LogP) is 3.07. The Morgan fingerprint density at radius 2 is 2.00 bits per heavy atom. The fourth-order valence-electron chi connectivity index (χ4n) is 4.05. The molecule has 2 N–H and O–H groups in total. The molecule has 0 aliphatic heterocycles. The van der Waals surface area contributed by atoms with Gasteiger partial charge >= 0.3 is 0 Å². The molecule has 3 aromatic heterocycles. The molecule has 1 amide bonds. The van der Waals surface area contributed by atoms with Crippen LogP contribution in [0.3, 0.4) is 0 Å². The second-order valence-corrected chi connectivity index (χ2v) is 9.58. The maximum Gasteiger partial charge on any atom is 0.275 e. The van der Waals surface area contributed by atoms with Crippen LogP contribution < -0.4 is 10.2 Å². The van der Waals surface area contributed by atoms with E-state index in [9.17, 15) is 15.1 Å². The molecule has 0 saturated heterocycles. The van der Waals surface area contributed by atoms with Crippen LogP contribution in [0.15, 0.2) is 66.9 Å². The standard InChI is InChI=1S/C27H26N6O4/c1-17-13-19(7-8-21(17)26(34)30-37-16-27(2,3)35)22-9-10-23-25(28-22)32(31-29-23)15-18-6-11-24-20(14-18)5-4-12-33(24)36/h4-14,35H,15-16H2,1-3H3,(H,30,34). The summed E-state index contributed by atoms with van der Waals surface area (Å²) in [6, 6.07) is 18.4.